The molecule has 15 heavy (non-hydrogen) atoms. The molecule has 1 amide bonds. The lowest BCUT2D eigenvalue weighted by molar-refractivity contribution is -0.131. The number of carbonyl (C=O) groups excluding carboxylic acids is 1. The fourth-order valence-corrected chi connectivity index (χ4v) is 2.55. The number of aliphatic hydroxyl groups excluding tert-OH is 1. The first kappa shape index (κ1) is 10.9. The molecule has 0 radical (unpaired) electrons. The summed E-state index contributed by atoms with van der Waals surface area (Å²) in [7, 11) is 0. The molecular formula is C11H20N2O2. The maximum atomic E-state index is 11.9. The van der Waals surface area contributed by atoms with Crippen molar-refractivity contribution in [2.45, 2.75) is 31.7 Å². The van der Waals surface area contributed by atoms with Gasteiger partial charge in [-0.1, -0.05) is 0 Å². The topological polar surface area (TPSA) is 43.8 Å². The highest BCUT2D eigenvalue weighted by Crippen LogP contribution is 2.17. The van der Waals surface area contributed by atoms with E-state index in [0.717, 1.165) is 45.3 Å². The highest BCUT2D eigenvalue weighted by molar-refractivity contribution is 5.78. The zero-order valence-electron chi connectivity index (χ0n) is 9.19. The molecule has 0 aromatic heterocycles. The molecule has 0 bridgehead atoms. The number of rotatable bonds is 3. The molecule has 2 rings (SSSR count). The van der Waals surface area contributed by atoms with Crippen molar-refractivity contribution in [2.24, 2.45) is 0 Å². The van der Waals surface area contributed by atoms with Crippen LogP contribution in [0, 0.1) is 0 Å². The van der Waals surface area contributed by atoms with E-state index in [9.17, 15) is 4.79 Å². The molecule has 2 heterocycles. The summed E-state index contributed by atoms with van der Waals surface area (Å²) in [6, 6.07) is 0.219. The monoisotopic (exact) mass is 212 g/mol. The molecule has 4 nitrogen and oxygen atoms in total. The predicted octanol–water partition coefficient (Wildman–Crippen LogP) is 0.0655. The minimum absolute atomic E-state index is 0.188. The smallest absolute Gasteiger partial charge is 0.236 e. The summed E-state index contributed by atoms with van der Waals surface area (Å²) in [6.45, 7) is 3.51. The minimum Gasteiger partial charge on any atom is -0.395 e. The van der Waals surface area contributed by atoms with E-state index in [-0.39, 0.29) is 18.6 Å². The van der Waals surface area contributed by atoms with E-state index in [1.807, 2.05) is 4.90 Å². The van der Waals surface area contributed by atoms with Crippen molar-refractivity contribution in [3.63, 3.8) is 0 Å². The summed E-state index contributed by atoms with van der Waals surface area (Å²) in [4.78, 5) is 15.9. The van der Waals surface area contributed by atoms with E-state index in [1.54, 1.807) is 0 Å². The summed E-state index contributed by atoms with van der Waals surface area (Å²) in [5.74, 6) is 0.243. The zero-order chi connectivity index (χ0) is 10.7. The second kappa shape index (κ2) is 4.94. The average molecular weight is 212 g/mol. The van der Waals surface area contributed by atoms with Crippen LogP contribution < -0.4 is 0 Å². The number of aliphatic hydroxyl groups is 1. The first-order chi connectivity index (χ1) is 7.31. The molecule has 0 aliphatic carbocycles. The summed E-state index contributed by atoms with van der Waals surface area (Å²) in [5.41, 5.74) is 0. The number of hydrogen-bond donors (Lipinski definition) is 1. The van der Waals surface area contributed by atoms with E-state index in [1.165, 1.54) is 0 Å². The Labute approximate surface area is 90.9 Å². The van der Waals surface area contributed by atoms with Crippen LogP contribution in [0.4, 0.5) is 0 Å². The Morgan fingerprint density at radius 3 is 2.60 bits per heavy atom. The van der Waals surface area contributed by atoms with Gasteiger partial charge in [0.1, 0.15) is 0 Å². The molecule has 86 valence electrons. The number of carbonyl (C=O) groups is 1. The van der Waals surface area contributed by atoms with Crippen LogP contribution in [0.5, 0.6) is 0 Å². The first-order valence-electron chi connectivity index (χ1n) is 5.94. The zero-order valence-corrected chi connectivity index (χ0v) is 9.19. The Kier molecular flexibility index (Phi) is 3.59. The normalized spacial score (nSPS) is 27.5. The molecule has 0 aromatic carbocycles. The fraction of sp³-hybridized carbons (Fsp3) is 0.909. The first-order valence-corrected chi connectivity index (χ1v) is 5.94. The van der Waals surface area contributed by atoms with Crippen LogP contribution in [0.2, 0.25) is 0 Å². The molecular weight excluding hydrogens is 192 g/mol. The minimum atomic E-state index is 0.188. The summed E-state index contributed by atoms with van der Waals surface area (Å²) >= 11 is 0. The number of nitrogens with zero attached hydrogens (tertiary/aromatic N) is 2. The third-order valence-electron chi connectivity index (χ3n) is 3.51. The maximum Gasteiger partial charge on any atom is 0.236 e. The van der Waals surface area contributed by atoms with Gasteiger partial charge in [-0.05, 0) is 32.2 Å². The van der Waals surface area contributed by atoms with Crippen molar-refractivity contribution in [3.8, 4) is 0 Å². The van der Waals surface area contributed by atoms with Crippen molar-refractivity contribution in [3.05, 3.63) is 0 Å². The quantitative estimate of drug-likeness (QED) is 0.720. The van der Waals surface area contributed by atoms with Gasteiger partial charge in [0.25, 0.3) is 0 Å². The van der Waals surface area contributed by atoms with Gasteiger partial charge in [-0.3, -0.25) is 9.69 Å². The van der Waals surface area contributed by atoms with E-state index < -0.39 is 0 Å². The Balaban J connectivity index is 1.82. The van der Waals surface area contributed by atoms with E-state index >= 15 is 0 Å². The summed E-state index contributed by atoms with van der Waals surface area (Å²) in [6.07, 6.45) is 4.44. The van der Waals surface area contributed by atoms with Gasteiger partial charge in [0.15, 0.2) is 0 Å². The van der Waals surface area contributed by atoms with E-state index in [4.69, 9.17) is 5.11 Å². The molecule has 4 heteroatoms. The van der Waals surface area contributed by atoms with Crippen LogP contribution in [0.1, 0.15) is 25.7 Å². The Bertz CT molecular complexity index is 227. The van der Waals surface area contributed by atoms with Gasteiger partial charge in [-0.15, -0.1) is 0 Å². The molecule has 2 aliphatic rings. The summed E-state index contributed by atoms with van der Waals surface area (Å²) in [5, 5.41) is 9.15. The highest BCUT2D eigenvalue weighted by Gasteiger charge is 2.27. The lowest BCUT2D eigenvalue weighted by Crippen LogP contribution is -2.42. The SMILES string of the molecule is O=C(CN1CCC[C@H]1CO)N1CCCC1. The second-order valence-electron chi connectivity index (χ2n) is 4.54. The Hall–Kier alpha value is -0.610. The third kappa shape index (κ3) is 2.49. The van der Waals surface area contributed by atoms with Gasteiger partial charge in [0.05, 0.1) is 13.2 Å². The average Bonchev–Trinajstić information content (AvgIpc) is 2.87. The number of likely N-dealkylation sites (tertiary alicyclic amines) is 2. The molecule has 2 fully saturated rings. The van der Waals surface area contributed by atoms with Crippen molar-refractivity contribution in [2.75, 3.05) is 32.8 Å². The predicted molar refractivity (Wildman–Crippen MR) is 57.5 cm³/mol. The van der Waals surface area contributed by atoms with Crippen LogP contribution in [-0.2, 0) is 4.79 Å². The number of amides is 1. The molecule has 0 unspecified atom stereocenters. The number of hydrogen-bond acceptors (Lipinski definition) is 3. The molecule has 1 atom stereocenters. The van der Waals surface area contributed by atoms with Crippen LogP contribution >= 0.6 is 0 Å². The maximum absolute atomic E-state index is 11.9. The van der Waals surface area contributed by atoms with Crippen LogP contribution in [0.15, 0.2) is 0 Å². The van der Waals surface area contributed by atoms with Gasteiger partial charge in [0.2, 0.25) is 5.91 Å². The lowest BCUT2D eigenvalue weighted by atomic mass is 10.2. The molecule has 2 saturated heterocycles. The highest BCUT2D eigenvalue weighted by atomic mass is 16.3. The largest absolute Gasteiger partial charge is 0.395 e. The van der Waals surface area contributed by atoms with Crippen molar-refractivity contribution >= 4 is 5.91 Å². The third-order valence-corrected chi connectivity index (χ3v) is 3.51. The van der Waals surface area contributed by atoms with Gasteiger partial charge >= 0.3 is 0 Å². The fourth-order valence-electron chi connectivity index (χ4n) is 2.55. The van der Waals surface area contributed by atoms with Crippen molar-refractivity contribution < 1.29 is 9.90 Å². The van der Waals surface area contributed by atoms with Gasteiger partial charge in [0, 0.05) is 19.1 Å². The molecule has 1 N–H and O–H groups in total. The van der Waals surface area contributed by atoms with Gasteiger partial charge in [-0.25, -0.2) is 0 Å². The Morgan fingerprint density at radius 2 is 1.93 bits per heavy atom. The van der Waals surface area contributed by atoms with Crippen LogP contribution in [0.3, 0.4) is 0 Å². The van der Waals surface area contributed by atoms with Crippen molar-refractivity contribution in [1.82, 2.24) is 9.80 Å². The van der Waals surface area contributed by atoms with Gasteiger partial charge in [-0.2, -0.15) is 0 Å². The summed E-state index contributed by atoms with van der Waals surface area (Å²) < 4.78 is 0. The molecule has 0 saturated carbocycles. The van der Waals surface area contributed by atoms with E-state index in [2.05, 4.69) is 4.90 Å². The molecule has 2 aliphatic heterocycles. The second-order valence-corrected chi connectivity index (χ2v) is 4.54. The van der Waals surface area contributed by atoms with Crippen LogP contribution in [0.25, 0.3) is 0 Å². The Morgan fingerprint density at radius 1 is 1.20 bits per heavy atom. The van der Waals surface area contributed by atoms with E-state index in [0.29, 0.717) is 6.54 Å². The molecule has 0 spiro atoms. The van der Waals surface area contributed by atoms with Crippen molar-refractivity contribution in [1.29, 1.82) is 0 Å². The molecule has 0 aromatic rings. The van der Waals surface area contributed by atoms with Crippen LogP contribution in [-0.4, -0.2) is 59.6 Å². The van der Waals surface area contributed by atoms with Gasteiger partial charge < -0.3 is 10.0 Å². The lowest BCUT2D eigenvalue weighted by Gasteiger charge is -2.24. The standard InChI is InChI=1S/C11H20N2O2/c14-9-10-4-3-7-13(10)8-11(15)12-5-1-2-6-12/h10,14H,1-9H2/t10-/m0/s1.